The van der Waals surface area contributed by atoms with Crippen molar-refractivity contribution in [3.63, 3.8) is 0 Å². The number of ether oxygens (including phenoxy) is 2. The minimum absolute atomic E-state index is 0.0235. The van der Waals surface area contributed by atoms with Crippen molar-refractivity contribution < 1.29 is 22.7 Å². The van der Waals surface area contributed by atoms with Crippen molar-refractivity contribution in [2.45, 2.75) is 11.8 Å². The number of anilines is 1. The number of nitrogens with zero attached hydrogens (tertiary/aromatic N) is 2. The summed E-state index contributed by atoms with van der Waals surface area (Å²) in [6, 6.07) is 18.0. The second-order valence-corrected chi connectivity index (χ2v) is 9.45. The van der Waals surface area contributed by atoms with Gasteiger partial charge in [0, 0.05) is 16.7 Å². The normalized spacial score (nSPS) is 11.3. The summed E-state index contributed by atoms with van der Waals surface area (Å²) in [5, 5.41) is 4.37. The van der Waals surface area contributed by atoms with E-state index >= 15 is 0 Å². The molecule has 0 radical (unpaired) electrons. The highest BCUT2D eigenvalue weighted by Gasteiger charge is 2.30. The van der Waals surface area contributed by atoms with Crippen molar-refractivity contribution in [1.29, 1.82) is 0 Å². The smallest absolute Gasteiger partial charge is 0.264 e. The fraction of sp³-hybridized carbons (Fsp3) is 0.167. The average Bonchev–Trinajstić information content (AvgIpc) is 2.83. The Hall–Kier alpha value is -3.56. The van der Waals surface area contributed by atoms with Gasteiger partial charge in [-0.3, -0.25) is 9.10 Å². The zero-order chi connectivity index (χ0) is 24.7. The maximum absolute atomic E-state index is 13.6. The molecular weight excluding hydrogens is 478 g/mol. The lowest BCUT2D eigenvalue weighted by atomic mass is 10.2. The van der Waals surface area contributed by atoms with Crippen LogP contribution in [0.4, 0.5) is 5.69 Å². The summed E-state index contributed by atoms with van der Waals surface area (Å²) in [4.78, 5) is 12.8. The number of amides is 1. The number of benzene rings is 3. The van der Waals surface area contributed by atoms with E-state index in [1.807, 2.05) is 6.92 Å². The van der Waals surface area contributed by atoms with Gasteiger partial charge in [0.15, 0.2) is 0 Å². The van der Waals surface area contributed by atoms with Gasteiger partial charge < -0.3 is 9.47 Å². The van der Waals surface area contributed by atoms with Gasteiger partial charge in [-0.2, -0.15) is 5.10 Å². The maximum atomic E-state index is 13.6. The number of hydrazone groups is 1. The number of nitrogens with one attached hydrogen (secondary N) is 1. The number of hydrogen-bond donors (Lipinski definition) is 1. The van der Waals surface area contributed by atoms with Crippen LogP contribution in [0.15, 0.2) is 76.7 Å². The van der Waals surface area contributed by atoms with Gasteiger partial charge in [0.1, 0.15) is 18.0 Å². The Morgan fingerprint density at radius 1 is 1.06 bits per heavy atom. The highest BCUT2D eigenvalue weighted by Crippen LogP contribution is 2.35. The van der Waals surface area contributed by atoms with E-state index in [1.165, 1.54) is 38.6 Å². The molecule has 34 heavy (non-hydrogen) atoms. The first kappa shape index (κ1) is 25.1. The standard InChI is InChI=1S/C24H24ClN3O5S/c1-17-8-11-20(12-9-17)34(30,31)28(22-14-19(32-2)10-13-23(22)33-3)16-24(29)27-26-15-18-6-4-5-7-21(18)25/h4-15H,16H2,1-3H3,(H,27,29)/b26-15-. The number of halogens is 1. The molecule has 1 amide bonds. The van der Waals surface area contributed by atoms with Crippen LogP contribution >= 0.6 is 11.6 Å². The van der Waals surface area contributed by atoms with Crippen molar-refractivity contribution in [3.8, 4) is 11.5 Å². The molecule has 0 spiro atoms. The number of methoxy groups -OCH3 is 2. The second kappa shape index (κ2) is 11.0. The topological polar surface area (TPSA) is 97.3 Å². The van der Waals surface area contributed by atoms with Gasteiger partial charge in [0.25, 0.3) is 15.9 Å². The van der Waals surface area contributed by atoms with Crippen molar-refractivity contribution in [1.82, 2.24) is 5.43 Å². The van der Waals surface area contributed by atoms with E-state index in [9.17, 15) is 13.2 Å². The minimum atomic E-state index is -4.14. The molecule has 0 aromatic heterocycles. The van der Waals surface area contributed by atoms with Crippen LogP contribution < -0.4 is 19.2 Å². The molecule has 0 heterocycles. The Morgan fingerprint density at radius 3 is 2.41 bits per heavy atom. The molecule has 0 bridgehead atoms. The van der Waals surface area contributed by atoms with E-state index in [2.05, 4.69) is 10.5 Å². The number of carbonyl (C=O) groups excluding carboxylic acids is 1. The fourth-order valence-corrected chi connectivity index (χ4v) is 4.66. The third-order valence-corrected chi connectivity index (χ3v) is 6.97. The van der Waals surface area contributed by atoms with E-state index in [-0.39, 0.29) is 16.3 Å². The molecule has 8 nitrogen and oxygen atoms in total. The summed E-state index contributed by atoms with van der Waals surface area (Å²) < 4.78 is 38.7. The molecule has 0 aliphatic heterocycles. The quantitative estimate of drug-likeness (QED) is 0.353. The lowest BCUT2D eigenvalue weighted by molar-refractivity contribution is -0.119. The second-order valence-electron chi connectivity index (χ2n) is 7.18. The highest BCUT2D eigenvalue weighted by molar-refractivity contribution is 7.92. The van der Waals surface area contributed by atoms with Crippen molar-refractivity contribution in [2.75, 3.05) is 25.1 Å². The summed E-state index contributed by atoms with van der Waals surface area (Å²) in [5.74, 6) is -0.00947. The van der Waals surface area contributed by atoms with Crippen LogP contribution in [-0.4, -0.2) is 41.3 Å². The monoisotopic (exact) mass is 501 g/mol. The largest absolute Gasteiger partial charge is 0.497 e. The van der Waals surface area contributed by atoms with E-state index in [4.69, 9.17) is 21.1 Å². The molecule has 3 rings (SSSR count). The van der Waals surface area contributed by atoms with E-state index < -0.39 is 22.5 Å². The number of carbonyl (C=O) groups is 1. The Morgan fingerprint density at radius 2 is 1.76 bits per heavy atom. The highest BCUT2D eigenvalue weighted by atomic mass is 35.5. The molecule has 178 valence electrons. The number of rotatable bonds is 9. The number of hydrogen-bond acceptors (Lipinski definition) is 6. The summed E-state index contributed by atoms with van der Waals surface area (Å²) in [5.41, 5.74) is 4.00. The molecule has 3 aromatic carbocycles. The molecule has 0 aliphatic carbocycles. The third kappa shape index (κ3) is 5.86. The lowest BCUT2D eigenvalue weighted by Gasteiger charge is -2.25. The third-order valence-electron chi connectivity index (χ3n) is 4.85. The van der Waals surface area contributed by atoms with Gasteiger partial charge >= 0.3 is 0 Å². The predicted molar refractivity (Wildman–Crippen MR) is 132 cm³/mol. The van der Waals surface area contributed by atoms with Gasteiger partial charge in [-0.1, -0.05) is 47.5 Å². The van der Waals surface area contributed by atoms with Gasteiger partial charge in [0.05, 0.1) is 31.0 Å². The number of aryl methyl sites for hydroxylation is 1. The van der Waals surface area contributed by atoms with Crippen LogP contribution in [0.5, 0.6) is 11.5 Å². The van der Waals surface area contributed by atoms with Crippen LogP contribution in [0.1, 0.15) is 11.1 Å². The van der Waals surface area contributed by atoms with E-state index in [0.29, 0.717) is 16.3 Å². The Labute approximate surface area is 203 Å². The molecule has 0 unspecified atom stereocenters. The average molecular weight is 502 g/mol. The maximum Gasteiger partial charge on any atom is 0.264 e. The van der Waals surface area contributed by atoms with Crippen LogP contribution in [0.3, 0.4) is 0 Å². The summed E-state index contributed by atoms with van der Waals surface area (Å²) >= 11 is 6.09. The van der Waals surface area contributed by atoms with Crippen molar-refractivity contribution in [3.05, 3.63) is 82.9 Å². The summed E-state index contributed by atoms with van der Waals surface area (Å²) in [6.45, 7) is 1.29. The van der Waals surface area contributed by atoms with Gasteiger partial charge in [-0.05, 0) is 37.3 Å². The molecule has 10 heteroatoms. The first-order valence-electron chi connectivity index (χ1n) is 10.1. The zero-order valence-corrected chi connectivity index (χ0v) is 20.4. The van der Waals surface area contributed by atoms with Crippen LogP contribution in [0.2, 0.25) is 5.02 Å². The molecular formula is C24H24ClN3O5S. The lowest BCUT2D eigenvalue weighted by Crippen LogP contribution is -2.39. The fourth-order valence-electron chi connectivity index (χ4n) is 3.05. The molecule has 1 N–H and O–H groups in total. The Balaban J connectivity index is 1.96. The van der Waals surface area contributed by atoms with Crippen molar-refractivity contribution >= 4 is 39.4 Å². The predicted octanol–water partition coefficient (Wildman–Crippen LogP) is 4.01. The van der Waals surface area contributed by atoms with Crippen LogP contribution in [0, 0.1) is 6.92 Å². The Kier molecular flexibility index (Phi) is 8.14. The van der Waals surface area contributed by atoms with Gasteiger partial charge in [-0.25, -0.2) is 13.8 Å². The first-order valence-corrected chi connectivity index (χ1v) is 12.0. The van der Waals surface area contributed by atoms with E-state index in [1.54, 1.807) is 48.5 Å². The molecule has 0 aliphatic rings. The molecule has 0 atom stereocenters. The molecule has 3 aromatic rings. The van der Waals surface area contributed by atoms with Crippen molar-refractivity contribution in [2.24, 2.45) is 5.10 Å². The minimum Gasteiger partial charge on any atom is -0.497 e. The zero-order valence-electron chi connectivity index (χ0n) is 18.9. The first-order chi connectivity index (χ1) is 16.3. The van der Waals surface area contributed by atoms with Gasteiger partial charge in [-0.15, -0.1) is 0 Å². The molecule has 0 saturated carbocycles. The summed E-state index contributed by atoms with van der Waals surface area (Å²) in [6.07, 6.45) is 1.38. The van der Waals surface area contributed by atoms with Gasteiger partial charge in [0.2, 0.25) is 0 Å². The molecule has 0 saturated heterocycles. The SMILES string of the molecule is COc1ccc(OC)c(N(CC(=O)N/N=C\c2ccccc2Cl)S(=O)(=O)c2ccc(C)cc2)c1. The number of sulfonamides is 1. The summed E-state index contributed by atoms with van der Waals surface area (Å²) in [7, 11) is -1.27. The Bertz CT molecular complexity index is 1290. The van der Waals surface area contributed by atoms with Crippen LogP contribution in [-0.2, 0) is 14.8 Å². The molecule has 0 fully saturated rings. The van der Waals surface area contributed by atoms with E-state index in [0.717, 1.165) is 9.87 Å². The van der Waals surface area contributed by atoms with Crippen LogP contribution in [0.25, 0.3) is 0 Å².